The molecule has 1 aliphatic rings. The Morgan fingerprint density at radius 1 is 1.12 bits per heavy atom. The summed E-state index contributed by atoms with van der Waals surface area (Å²) < 4.78 is 0. The van der Waals surface area contributed by atoms with Crippen molar-refractivity contribution >= 4 is 17.6 Å². The summed E-state index contributed by atoms with van der Waals surface area (Å²) in [5, 5.41) is 16.0. The predicted octanol–water partition coefficient (Wildman–Crippen LogP) is 2.51. The van der Waals surface area contributed by atoms with Gasteiger partial charge in [-0.1, -0.05) is 65.8 Å². The van der Waals surface area contributed by atoms with Crippen LogP contribution in [0.15, 0.2) is 65.8 Å². The van der Waals surface area contributed by atoms with Crippen molar-refractivity contribution in [2.75, 3.05) is 0 Å². The highest BCUT2D eigenvalue weighted by Crippen LogP contribution is 2.28. The molecule has 0 bridgehead atoms. The van der Waals surface area contributed by atoms with E-state index in [4.69, 9.17) is 4.84 Å². The van der Waals surface area contributed by atoms with Crippen molar-refractivity contribution < 1.29 is 19.5 Å². The number of nitrogens with one attached hydrogen (secondary N) is 1. The van der Waals surface area contributed by atoms with Gasteiger partial charge in [0.15, 0.2) is 6.04 Å². The van der Waals surface area contributed by atoms with Crippen LogP contribution >= 0.6 is 0 Å². The van der Waals surface area contributed by atoms with E-state index in [9.17, 15) is 14.7 Å². The van der Waals surface area contributed by atoms with Gasteiger partial charge >= 0.3 is 5.97 Å². The Labute approximate surface area is 145 Å². The third-order valence-corrected chi connectivity index (χ3v) is 4.10. The summed E-state index contributed by atoms with van der Waals surface area (Å²) in [6.45, 7) is 1.60. The molecule has 1 unspecified atom stereocenters. The molecule has 3 rings (SSSR count). The Morgan fingerprint density at radius 2 is 1.72 bits per heavy atom. The number of amides is 1. The van der Waals surface area contributed by atoms with E-state index in [0.717, 1.165) is 5.56 Å². The van der Waals surface area contributed by atoms with Crippen molar-refractivity contribution in [1.82, 2.24) is 5.32 Å². The highest BCUT2D eigenvalue weighted by atomic mass is 16.7. The number of rotatable bonds is 5. The largest absolute Gasteiger partial charge is 0.479 e. The first-order valence-corrected chi connectivity index (χ1v) is 7.89. The van der Waals surface area contributed by atoms with Gasteiger partial charge in [0, 0.05) is 6.42 Å². The van der Waals surface area contributed by atoms with Crippen molar-refractivity contribution in [2.24, 2.45) is 5.16 Å². The first-order valence-electron chi connectivity index (χ1n) is 7.89. The molecule has 0 saturated heterocycles. The van der Waals surface area contributed by atoms with Crippen LogP contribution in [0, 0.1) is 0 Å². The van der Waals surface area contributed by atoms with Crippen LogP contribution in [0.2, 0.25) is 0 Å². The number of hydrogen-bond acceptors (Lipinski definition) is 4. The van der Waals surface area contributed by atoms with Crippen LogP contribution in [-0.2, 0) is 14.4 Å². The number of oxime groups is 1. The van der Waals surface area contributed by atoms with E-state index in [1.54, 1.807) is 37.3 Å². The molecule has 2 N–H and O–H groups in total. The Kier molecular flexibility index (Phi) is 4.52. The number of carboxylic acids is 1. The van der Waals surface area contributed by atoms with E-state index in [1.807, 2.05) is 30.3 Å². The summed E-state index contributed by atoms with van der Waals surface area (Å²) in [5.41, 5.74) is 0.782. The van der Waals surface area contributed by atoms with Crippen molar-refractivity contribution in [2.45, 2.75) is 25.0 Å². The molecule has 6 heteroatoms. The van der Waals surface area contributed by atoms with Crippen LogP contribution in [0.25, 0.3) is 0 Å². The van der Waals surface area contributed by atoms with E-state index in [1.165, 1.54) is 0 Å². The molecule has 1 amide bonds. The Morgan fingerprint density at radius 3 is 2.32 bits per heavy atom. The molecule has 6 nitrogen and oxygen atoms in total. The average molecular weight is 338 g/mol. The van der Waals surface area contributed by atoms with Gasteiger partial charge in [-0.05, 0) is 18.1 Å². The molecular formula is C19H18N2O4. The lowest BCUT2D eigenvalue weighted by atomic mass is 9.94. The molecule has 2 aromatic carbocycles. The lowest BCUT2D eigenvalue weighted by Gasteiger charge is -2.23. The third kappa shape index (κ3) is 3.52. The van der Waals surface area contributed by atoms with Gasteiger partial charge in [-0.2, -0.15) is 0 Å². The number of nitrogens with zero attached hydrogens (tertiary/aromatic N) is 1. The van der Waals surface area contributed by atoms with Crippen LogP contribution in [0.3, 0.4) is 0 Å². The van der Waals surface area contributed by atoms with Crippen LogP contribution in [0.5, 0.6) is 0 Å². The molecule has 1 heterocycles. The first-order chi connectivity index (χ1) is 12.0. The molecule has 0 radical (unpaired) electrons. The zero-order chi connectivity index (χ0) is 17.9. The highest BCUT2D eigenvalue weighted by Gasteiger charge is 2.43. The Hall–Kier alpha value is -3.15. The van der Waals surface area contributed by atoms with Crippen molar-refractivity contribution in [3.63, 3.8) is 0 Å². The molecule has 2 aromatic rings. The summed E-state index contributed by atoms with van der Waals surface area (Å²) in [6, 6.07) is 16.8. The summed E-state index contributed by atoms with van der Waals surface area (Å²) in [5.74, 6) is -1.65. The maximum atomic E-state index is 12.7. The number of hydrogen-bond donors (Lipinski definition) is 2. The van der Waals surface area contributed by atoms with Gasteiger partial charge < -0.3 is 15.3 Å². The molecule has 0 aliphatic carbocycles. The number of aliphatic carboxylic acids is 1. The van der Waals surface area contributed by atoms with Gasteiger partial charge in [0.2, 0.25) is 5.60 Å². The second-order valence-electron chi connectivity index (χ2n) is 6.06. The fourth-order valence-electron chi connectivity index (χ4n) is 2.66. The van der Waals surface area contributed by atoms with Crippen LogP contribution in [-0.4, -0.2) is 28.3 Å². The molecule has 25 heavy (non-hydrogen) atoms. The smallest absolute Gasteiger partial charge is 0.330 e. The maximum absolute atomic E-state index is 12.7. The van der Waals surface area contributed by atoms with Crippen LogP contribution in [0.4, 0.5) is 0 Å². The van der Waals surface area contributed by atoms with Gasteiger partial charge in [-0.15, -0.1) is 0 Å². The average Bonchev–Trinajstić information content (AvgIpc) is 3.04. The summed E-state index contributed by atoms with van der Waals surface area (Å²) in [4.78, 5) is 29.6. The summed E-state index contributed by atoms with van der Waals surface area (Å²) in [6.07, 6.45) is 0.268. The maximum Gasteiger partial charge on any atom is 0.330 e. The van der Waals surface area contributed by atoms with E-state index in [0.29, 0.717) is 11.3 Å². The second-order valence-corrected chi connectivity index (χ2v) is 6.06. The monoisotopic (exact) mass is 338 g/mol. The molecule has 1 aliphatic heterocycles. The van der Waals surface area contributed by atoms with Gasteiger partial charge in [0.05, 0.1) is 5.71 Å². The van der Waals surface area contributed by atoms with Gasteiger partial charge in [-0.25, -0.2) is 4.79 Å². The third-order valence-electron chi connectivity index (χ3n) is 4.10. The topological polar surface area (TPSA) is 88.0 Å². The molecule has 0 fully saturated rings. The Bertz CT molecular complexity index is 805. The zero-order valence-electron chi connectivity index (χ0n) is 13.7. The minimum atomic E-state index is -1.24. The standard InChI is InChI=1S/C19H18N2O4/c1-19(12-15(21-25-19)13-8-4-2-5-9-13)18(24)20-16(17(22)23)14-10-6-3-7-11-14/h2-11,16H,12H2,1H3,(H,20,24)(H,22,23)/t16?,19-/m0/s1. The minimum Gasteiger partial charge on any atom is -0.479 e. The van der Waals surface area contributed by atoms with Gasteiger partial charge in [-0.3, -0.25) is 4.79 Å². The number of carbonyl (C=O) groups is 2. The molecule has 0 aromatic heterocycles. The number of benzene rings is 2. The SMILES string of the molecule is C[C@@]1(C(=O)NC(C(=O)O)c2ccccc2)CC(c2ccccc2)=NO1. The van der Waals surface area contributed by atoms with Crippen LogP contribution < -0.4 is 5.32 Å². The molecule has 0 saturated carbocycles. The summed E-state index contributed by atoms with van der Waals surface area (Å²) in [7, 11) is 0. The minimum absolute atomic E-state index is 0.268. The Balaban J connectivity index is 1.74. The quantitative estimate of drug-likeness (QED) is 0.877. The fraction of sp³-hybridized carbons (Fsp3) is 0.211. The molecule has 0 spiro atoms. The molecule has 2 atom stereocenters. The van der Waals surface area contributed by atoms with E-state index >= 15 is 0 Å². The summed E-state index contributed by atoms with van der Waals surface area (Å²) >= 11 is 0. The highest BCUT2D eigenvalue weighted by molar-refractivity contribution is 6.05. The van der Waals surface area contributed by atoms with Crippen LogP contribution in [0.1, 0.15) is 30.5 Å². The predicted molar refractivity (Wildman–Crippen MR) is 92.0 cm³/mol. The number of carbonyl (C=O) groups excluding carboxylic acids is 1. The van der Waals surface area contributed by atoms with Gasteiger partial charge in [0.25, 0.3) is 5.91 Å². The van der Waals surface area contributed by atoms with Crippen molar-refractivity contribution in [3.8, 4) is 0 Å². The lowest BCUT2D eigenvalue weighted by molar-refractivity contribution is -0.148. The first kappa shape index (κ1) is 16.7. The van der Waals surface area contributed by atoms with Gasteiger partial charge in [0.1, 0.15) is 0 Å². The normalized spacial score (nSPS) is 20.3. The molecule has 128 valence electrons. The molecular weight excluding hydrogens is 320 g/mol. The zero-order valence-corrected chi connectivity index (χ0v) is 13.7. The van der Waals surface area contributed by atoms with Crippen molar-refractivity contribution in [1.29, 1.82) is 0 Å². The fourth-order valence-corrected chi connectivity index (χ4v) is 2.66. The van der Waals surface area contributed by atoms with E-state index < -0.39 is 23.5 Å². The van der Waals surface area contributed by atoms with E-state index in [2.05, 4.69) is 10.5 Å². The number of carboxylic acid groups (broad SMARTS) is 1. The van der Waals surface area contributed by atoms with E-state index in [-0.39, 0.29) is 6.42 Å². The van der Waals surface area contributed by atoms with Crippen molar-refractivity contribution in [3.05, 3.63) is 71.8 Å². The lowest BCUT2D eigenvalue weighted by Crippen LogP contribution is -2.47. The second kappa shape index (κ2) is 6.76.